The number of carbonyl (C=O) groups is 1. The first-order valence-corrected chi connectivity index (χ1v) is 10.0. The van der Waals surface area contributed by atoms with Gasteiger partial charge in [0.1, 0.15) is 11.4 Å². The first-order chi connectivity index (χ1) is 13.6. The van der Waals surface area contributed by atoms with Gasteiger partial charge in [0.15, 0.2) is 5.65 Å². The van der Waals surface area contributed by atoms with Crippen LogP contribution < -0.4 is 15.5 Å². The average Bonchev–Trinajstić information content (AvgIpc) is 3.35. The van der Waals surface area contributed by atoms with E-state index in [0.29, 0.717) is 17.7 Å². The van der Waals surface area contributed by atoms with Gasteiger partial charge in [0.25, 0.3) is 12.3 Å². The Balaban J connectivity index is 1.45. The second kappa shape index (κ2) is 6.78. The quantitative estimate of drug-likeness (QED) is 0.700. The number of alkyl halides is 2. The van der Waals surface area contributed by atoms with Crippen molar-refractivity contribution in [2.45, 2.75) is 31.4 Å². The molecule has 0 radical (unpaired) electrons. The van der Waals surface area contributed by atoms with E-state index in [9.17, 15) is 13.6 Å². The molecule has 10 heteroatoms. The van der Waals surface area contributed by atoms with E-state index in [1.165, 1.54) is 21.5 Å². The number of hydrogen-bond donors (Lipinski definition) is 2. The number of hydrogen-bond acceptors (Lipinski definition) is 6. The molecule has 0 aromatic carbocycles. The highest BCUT2D eigenvalue weighted by Gasteiger charge is 2.34. The van der Waals surface area contributed by atoms with Crippen LogP contribution in [0, 0.1) is 0 Å². The van der Waals surface area contributed by atoms with E-state index < -0.39 is 12.3 Å². The number of thiophene rings is 1. The van der Waals surface area contributed by atoms with Crippen molar-refractivity contribution in [3.63, 3.8) is 0 Å². The largest absolute Gasteiger partial charge is 0.351 e. The van der Waals surface area contributed by atoms with Crippen LogP contribution in [-0.4, -0.2) is 45.7 Å². The molecule has 0 spiro atoms. The maximum atomic E-state index is 13.1. The summed E-state index contributed by atoms with van der Waals surface area (Å²) in [5, 5.41) is 13.1. The van der Waals surface area contributed by atoms with E-state index >= 15 is 0 Å². The Labute approximate surface area is 163 Å². The van der Waals surface area contributed by atoms with Crippen molar-refractivity contribution in [3.05, 3.63) is 40.3 Å². The van der Waals surface area contributed by atoms with Gasteiger partial charge in [0, 0.05) is 42.1 Å². The van der Waals surface area contributed by atoms with Crippen molar-refractivity contribution in [2.24, 2.45) is 0 Å². The zero-order valence-electron chi connectivity index (χ0n) is 14.8. The summed E-state index contributed by atoms with van der Waals surface area (Å²) in [4.78, 5) is 19.7. The lowest BCUT2D eigenvalue weighted by Gasteiger charge is -2.46. The molecular formula is C18H18F2N6OS. The van der Waals surface area contributed by atoms with Gasteiger partial charge in [0.05, 0.1) is 17.4 Å². The van der Waals surface area contributed by atoms with Crippen LogP contribution in [0.2, 0.25) is 0 Å². The van der Waals surface area contributed by atoms with Crippen LogP contribution in [-0.2, 0) is 0 Å². The Kier molecular flexibility index (Phi) is 4.24. The Morgan fingerprint density at radius 3 is 2.96 bits per heavy atom. The molecule has 3 aromatic heterocycles. The Hall–Kier alpha value is -2.59. The molecule has 3 aromatic rings. The van der Waals surface area contributed by atoms with Gasteiger partial charge in [-0.25, -0.2) is 18.3 Å². The van der Waals surface area contributed by atoms with Crippen LogP contribution in [0.25, 0.3) is 5.65 Å². The van der Waals surface area contributed by atoms with Gasteiger partial charge in [0.2, 0.25) is 0 Å². The fraction of sp³-hybridized carbons (Fsp3) is 0.389. The second-order valence-corrected chi connectivity index (χ2v) is 7.84. The lowest BCUT2D eigenvalue weighted by Crippen LogP contribution is -2.61. The van der Waals surface area contributed by atoms with E-state index in [1.807, 2.05) is 6.07 Å². The normalized spacial score (nSPS) is 21.6. The van der Waals surface area contributed by atoms with Crippen molar-refractivity contribution in [1.29, 1.82) is 0 Å². The smallest absolute Gasteiger partial charge is 0.266 e. The van der Waals surface area contributed by atoms with Gasteiger partial charge >= 0.3 is 0 Å². The summed E-state index contributed by atoms with van der Waals surface area (Å²) in [6, 6.07) is 2.75. The monoisotopic (exact) mass is 404 g/mol. The van der Waals surface area contributed by atoms with Crippen LogP contribution in [0.15, 0.2) is 29.2 Å². The zero-order valence-corrected chi connectivity index (χ0v) is 15.6. The molecular weight excluding hydrogens is 386 g/mol. The number of rotatable bonds is 4. The number of nitrogens with one attached hydrogen (secondary N) is 2. The average molecular weight is 404 g/mol. The fourth-order valence-electron chi connectivity index (χ4n) is 3.94. The van der Waals surface area contributed by atoms with E-state index in [1.54, 1.807) is 6.20 Å². The van der Waals surface area contributed by atoms with Gasteiger partial charge in [-0.05, 0) is 18.9 Å². The lowest BCUT2D eigenvalue weighted by molar-refractivity contribution is 0.102. The molecule has 3 aliphatic heterocycles. The molecule has 2 atom stereocenters. The third kappa shape index (κ3) is 2.92. The third-order valence-corrected chi connectivity index (χ3v) is 6.18. The third-order valence-electron chi connectivity index (χ3n) is 5.42. The molecule has 146 valence electrons. The number of carbonyl (C=O) groups excluding carboxylic acids is 1. The lowest BCUT2D eigenvalue weighted by atomic mass is 9.93. The summed E-state index contributed by atoms with van der Waals surface area (Å²) in [5.41, 5.74) is 0.618. The predicted octanol–water partition coefficient (Wildman–Crippen LogP) is 2.92. The number of aromatic nitrogens is 3. The molecule has 2 N–H and O–H groups in total. The van der Waals surface area contributed by atoms with E-state index in [0.717, 1.165) is 43.1 Å². The van der Waals surface area contributed by atoms with Crippen molar-refractivity contribution in [1.82, 2.24) is 19.9 Å². The van der Waals surface area contributed by atoms with Crippen molar-refractivity contribution >= 4 is 34.4 Å². The molecule has 0 aliphatic carbocycles. The number of halogens is 2. The van der Waals surface area contributed by atoms with Crippen molar-refractivity contribution in [2.75, 3.05) is 23.3 Å². The van der Waals surface area contributed by atoms with Gasteiger partial charge in [-0.2, -0.15) is 5.10 Å². The topological polar surface area (TPSA) is 74.6 Å². The molecule has 2 bridgehead atoms. The number of nitrogens with zero attached hydrogens (tertiary/aromatic N) is 4. The van der Waals surface area contributed by atoms with Crippen molar-refractivity contribution in [3.8, 4) is 0 Å². The summed E-state index contributed by atoms with van der Waals surface area (Å²) >= 11 is 1.12. The molecule has 6 heterocycles. The molecule has 3 aliphatic rings. The minimum Gasteiger partial charge on any atom is -0.351 e. The first-order valence-electron chi connectivity index (χ1n) is 9.10. The molecule has 0 unspecified atom stereocenters. The number of amides is 1. The zero-order chi connectivity index (χ0) is 19.3. The van der Waals surface area contributed by atoms with Crippen LogP contribution in [0.5, 0.6) is 0 Å². The van der Waals surface area contributed by atoms with E-state index in [-0.39, 0.29) is 16.8 Å². The summed E-state index contributed by atoms with van der Waals surface area (Å²) < 4.78 is 27.6. The number of fused-ring (bicyclic) bond motifs is 4. The number of piperazine rings is 1. The molecule has 3 fully saturated rings. The maximum Gasteiger partial charge on any atom is 0.266 e. The standard InChI is InChI=1S/C18H18F2N6OS/c19-16(20)13-8-28-9-14(13)23-18(27)12-6-22-26-4-3-15(24-17(12)26)25-7-10-1-2-11(25)5-21-10/h3-4,6,8-11,16,21H,1-2,5,7H2,(H,23,27)/t10-,11+/m0/s1. The molecule has 3 saturated heterocycles. The number of anilines is 2. The van der Waals surface area contributed by atoms with Crippen LogP contribution in [0.1, 0.15) is 35.2 Å². The van der Waals surface area contributed by atoms with E-state index in [4.69, 9.17) is 0 Å². The van der Waals surface area contributed by atoms with E-state index in [2.05, 4.69) is 25.6 Å². The van der Waals surface area contributed by atoms with Gasteiger partial charge < -0.3 is 15.5 Å². The molecule has 7 nitrogen and oxygen atoms in total. The summed E-state index contributed by atoms with van der Waals surface area (Å²) in [6.45, 7) is 1.81. The minimum absolute atomic E-state index is 0.125. The predicted molar refractivity (Wildman–Crippen MR) is 102 cm³/mol. The molecule has 1 amide bonds. The highest BCUT2D eigenvalue weighted by Crippen LogP contribution is 2.31. The fourth-order valence-corrected chi connectivity index (χ4v) is 4.71. The van der Waals surface area contributed by atoms with Gasteiger partial charge in [-0.15, -0.1) is 11.3 Å². The van der Waals surface area contributed by atoms with Crippen molar-refractivity contribution < 1.29 is 13.6 Å². The Morgan fingerprint density at radius 2 is 2.25 bits per heavy atom. The molecule has 28 heavy (non-hydrogen) atoms. The minimum atomic E-state index is -2.64. The Morgan fingerprint density at radius 1 is 1.36 bits per heavy atom. The molecule has 0 saturated carbocycles. The van der Waals surface area contributed by atoms with Gasteiger partial charge in [-0.1, -0.05) is 0 Å². The van der Waals surface area contributed by atoms with Crippen LogP contribution in [0.4, 0.5) is 20.3 Å². The van der Waals surface area contributed by atoms with Crippen LogP contribution in [0.3, 0.4) is 0 Å². The van der Waals surface area contributed by atoms with Gasteiger partial charge in [-0.3, -0.25) is 4.79 Å². The summed E-state index contributed by atoms with van der Waals surface area (Å²) in [7, 11) is 0. The SMILES string of the molecule is O=C(Nc1cscc1C(F)F)c1cnn2ccc(N3C[C@@H]4CC[C@@H]3CN4)nc12. The summed E-state index contributed by atoms with van der Waals surface area (Å²) in [6.07, 6.45) is 2.83. The highest BCUT2D eigenvalue weighted by molar-refractivity contribution is 7.08. The maximum absolute atomic E-state index is 13.1. The van der Waals surface area contributed by atoms with Crippen LogP contribution >= 0.6 is 11.3 Å². The molecule has 6 rings (SSSR count). The highest BCUT2D eigenvalue weighted by atomic mass is 32.1. The first kappa shape index (κ1) is 17.5. The second-order valence-electron chi connectivity index (χ2n) is 7.10. The number of piperidine rings is 2. The Bertz CT molecular complexity index is 1030. The summed E-state index contributed by atoms with van der Waals surface area (Å²) in [5.74, 6) is 0.309.